The summed E-state index contributed by atoms with van der Waals surface area (Å²) < 4.78 is 8.06. The van der Waals surface area contributed by atoms with Crippen LogP contribution in [0, 0.1) is 0 Å². The zero-order valence-electron chi connectivity index (χ0n) is 6.50. The van der Waals surface area contributed by atoms with Gasteiger partial charge in [0.1, 0.15) is 9.12 Å². The van der Waals surface area contributed by atoms with Gasteiger partial charge >= 0.3 is 32.2 Å². The Morgan fingerprint density at radius 3 is 1.23 bits per heavy atom. The first-order chi connectivity index (χ1) is 5.37. The smallest absolute Gasteiger partial charge is 0.539 e. The molecule has 0 aromatic rings. The molecule has 0 rings (SSSR count). The van der Waals surface area contributed by atoms with Crippen molar-refractivity contribution in [1.82, 2.24) is 0 Å². The fourth-order valence-electron chi connectivity index (χ4n) is 0. The van der Waals surface area contributed by atoms with Crippen LogP contribution in [-0.2, 0) is 14.2 Å². The Balaban J connectivity index is -0.0000000512. The van der Waals surface area contributed by atoms with Crippen LogP contribution in [0.5, 0.6) is 0 Å². The van der Waals surface area contributed by atoms with Crippen molar-refractivity contribution in [3.63, 3.8) is 0 Å². The van der Waals surface area contributed by atoms with Crippen molar-refractivity contribution in [2.45, 2.75) is 0 Å². The molecule has 0 aliphatic rings. The number of hydrogen-bond acceptors (Lipinski definition) is 7. The van der Waals surface area contributed by atoms with E-state index in [0.717, 1.165) is 0 Å². The third kappa shape index (κ3) is 82.9. The van der Waals surface area contributed by atoms with E-state index in [-0.39, 0.29) is 18.9 Å². The molecule has 0 aromatic carbocycles. The molecule has 0 fully saturated rings. The summed E-state index contributed by atoms with van der Waals surface area (Å²) in [6.07, 6.45) is 0. The fourth-order valence-corrected chi connectivity index (χ4v) is 0. The van der Waals surface area contributed by atoms with Gasteiger partial charge in [0.2, 0.25) is 0 Å². The minimum Gasteiger partial charge on any atom is -0.539 e. The maximum Gasteiger partial charge on any atom is 1.00 e. The van der Waals surface area contributed by atoms with E-state index < -0.39 is 19.3 Å². The molecular weight excluding hydrogens is 201 g/mol. The largest absolute Gasteiger partial charge is 1.00 e. The Hall–Kier alpha value is -0.418. The molecule has 13 heavy (non-hydrogen) atoms. The Labute approximate surface area is 87.2 Å². The third-order valence-electron chi connectivity index (χ3n) is 0.175. The maximum absolute atomic E-state index is 9.04. The van der Waals surface area contributed by atoms with Crippen LogP contribution >= 0.6 is 9.12 Å². The van der Waals surface area contributed by atoms with Gasteiger partial charge in [-0.1, -0.05) is 0 Å². The van der Waals surface area contributed by atoms with Gasteiger partial charge in [-0.15, -0.1) is 0 Å². The molecule has 11 heteroatoms. The first-order valence-corrected chi connectivity index (χ1v) is 2.47. The van der Waals surface area contributed by atoms with E-state index in [4.69, 9.17) is 39.4 Å². The summed E-state index contributed by atoms with van der Waals surface area (Å²) in [6, 6.07) is 0. The summed E-state index contributed by atoms with van der Waals surface area (Å²) in [5, 5.41) is 37.8. The van der Waals surface area contributed by atoms with Gasteiger partial charge in [-0.3, -0.25) is 4.57 Å². The molecule has 4 N–H and O–H groups in total. The van der Waals surface area contributed by atoms with Crippen LogP contribution in [0.15, 0.2) is 0 Å². The number of carboxylic acids is 2. The molecule has 0 heterocycles. The monoisotopic (exact) mass is 206 g/mol. The summed E-state index contributed by atoms with van der Waals surface area (Å²) in [4.78, 5) is 18.0. The Morgan fingerprint density at radius 2 is 1.23 bits per heavy atom. The predicted octanol–water partition coefficient (Wildman–Crippen LogP) is -6.75. The van der Waals surface area contributed by atoms with Crippen LogP contribution in [0.3, 0.4) is 0 Å². The predicted molar refractivity (Wildman–Crippen MR) is 34.1 cm³/mol. The Bertz CT molecular complexity index is 125. The first kappa shape index (κ1) is 22.9. The van der Waals surface area contributed by atoms with Gasteiger partial charge in [0.05, 0.1) is 0 Å². The van der Waals surface area contributed by atoms with Crippen molar-refractivity contribution in [1.29, 1.82) is 0 Å². The molecule has 0 unspecified atom stereocenters. The van der Waals surface area contributed by atoms with Gasteiger partial charge in [-0.05, 0) is 0 Å². The molecule has 0 aliphatic carbocycles. The van der Waals surface area contributed by atoms with Crippen molar-refractivity contribution in [3.05, 3.63) is 0 Å². The molecule has 0 aliphatic heterocycles. The SMILES string of the molecule is O=C([O-])C(=O)O.O=P.OB(O)O.[Li+]. The van der Waals surface area contributed by atoms with E-state index in [1.54, 1.807) is 9.12 Å². The van der Waals surface area contributed by atoms with E-state index in [9.17, 15) is 0 Å². The third-order valence-corrected chi connectivity index (χ3v) is 0.175. The molecule has 0 saturated carbocycles. The van der Waals surface area contributed by atoms with Crippen LogP contribution in [-0.4, -0.2) is 39.4 Å². The van der Waals surface area contributed by atoms with E-state index in [2.05, 4.69) is 0 Å². The van der Waals surface area contributed by atoms with Crippen molar-refractivity contribution < 1.29 is 58.3 Å². The van der Waals surface area contributed by atoms with Gasteiger partial charge < -0.3 is 30.1 Å². The number of carbonyl (C=O) groups excluding carboxylic acids is 1. The van der Waals surface area contributed by atoms with Crippen LogP contribution in [0.1, 0.15) is 0 Å². The van der Waals surface area contributed by atoms with Crippen LogP contribution in [0.25, 0.3) is 0 Å². The van der Waals surface area contributed by atoms with Gasteiger partial charge in [-0.25, -0.2) is 4.79 Å². The summed E-state index contributed by atoms with van der Waals surface area (Å²) in [5.41, 5.74) is 0. The number of aliphatic carboxylic acids is 2. The summed E-state index contributed by atoms with van der Waals surface area (Å²) in [7, 11) is -0.444. The topological polar surface area (TPSA) is 155 Å². The average molecular weight is 206 g/mol. The number of rotatable bonds is 0. The average Bonchev–Trinajstić information content (AvgIpc) is 1.90. The Morgan fingerprint density at radius 1 is 1.15 bits per heavy atom. The molecule has 8 nitrogen and oxygen atoms in total. The van der Waals surface area contributed by atoms with E-state index in [1.165, 1.54) is 0 Å². The van der Waals surface area contributed by atoms with Crippen molar-refractivity contribution in [2.75, 3.05) is 0 Å². The summed E-state index contributed by atoms with van der Waals surface area (Å²) in [6.45, 7) is 0. The normalized spacial score (nSPS) is 5.77. The second-order valence-electron chi connectivity index (χ2n) is 0.939. The first-order valence-electron chi connectivity index (χ1n) is 2.06. The van der Waals surface area contributed by atoms with Crippen LogP contribution in [0.2, 0.25) is 0 Å². The number of carbonyl (C=O) groups is 2. The molecule has 0 spiro atoms. The molecule has 0 saturated heterocycles. The molecule has 0 atom stereocenters. The zero-order valence-corrected chi connectivity index (χ0v) is 7.50. The fraction of sp³-hybridized carbons (Fsp3) is 0. The Kier molecular flexibility index (Phi) is 31.0. The van der Waals surface area contributed by atoms with Gasteiger partial charge in [-0.2, -0.15) is 0 Å². The van der Waals surface area contributed by atoms with Crippen molar-refractivity contribution in [3.8, 4) is 0 Å². The van der Waals surface area contributed by atoms with Crippen LogP contribution < -0.4 is 24.0 Å². The second kappa shape index (κ2) is 17.6. The molecule has 70 valence electrons. The quantitative estimate of drug-likeness (QED) is 0.173. The minimum atomic E-state index is -2.17. The van der Waals surface area contributed by atoms with Gasteiger partial charge in [0.15, 0.2) is 5.97 Å². The van der Waals surface area contributed by atoms with Gasteiger partial charge in [0.25, 0.3) is 0 Å². The van der Waals surface area contributed by atoms with Crippen LogP contribution in [0.4, 0.5) is 0 Å². The number of carboxylic acid groups (broad SMARTS) is 2. The second-order valence-corrected chi connectivity index (χ2v) is 0.939. The standard InChI is InChI=1S/C2H2O4.BH3O3.Li.HOP/c3-1(4)2(5)6;2-1(3)4;;1-2/h(H,3,4)(H,5,6);2-4H;;2H/q;;+1;/p-1. The van der Waals surface area contributed by atoms with E-state index >= 15 is 0 Å². The molecule has 0 bridgehead atoms. The summed E-state index contributed by atoms with van der Waals surface area (Å²) in [5.74, 6) is -4.01. The van der Waals surface area contributed by atoms with Crippen molar-refractivity contribution >= 4 is 28.4 Å². The molecular formula is C2H5BLiO8P. The summed E-state index contributed by atoms with van der Waals surface area (Å²) >= 11 is 0. The maximum atomic E-state index is 9.04. The minimum absolute atomic E-state index is 0. The van der Waals surface area contributed by atoms with Crippen molar-refractivity contribution in [2.24, 2.45) is 0 Å². The molecule has 0 amide bonds. The molecule has 0 radical (unpaired) electrons. The van der Waals surface area contributed by atoms with E-state index in [0.29, 0.717) is 0 Å². The zero-order chi connectivity index (χ0) is 10.7. The van der Waals surface area contributed by atoms with Gasteiger partial charge in [0, 0.05) is 0 Å². The number of hydrogen-bond donors (Lipinski definition) is 4. The van der Waals surface area contributed by atoms with E-state index in [1.807, 2.05) is 0 Å². The molecule has 0 aromatic heterocycles.